The first-order valence-corrected chi connectivity index (χ1v) is 12.2. The Hall–Kier alpha value is -2.83. The summed E-state index contributed by atoms with van der Waals surface area (Å²) in [4.78, 5) is 42.6. The number of carbonyl (C=O) groups excluding carboxylic acids is 3. The molecule has 172 valence electrons. The Balaban J connectivity index is 1.01. The molecule has 0 N–H and O–H groups in total. The standard InChI is InChI=1S/C26H28N2O5/c1-32-17-4-2-3-14-11-18(33-23(14)17)24(30)27-8-5-26(6-9-27)7-10-28(13-26)25(31)21-16-12-15-19(21)20(15)22(16)29/h2-4,11,15-16,19-21H,5-10,12-13H2,1H3/t15-,16+,19+,20-,21-/m1/s1. The molecular formula is C26H28N2O5. The Morgan fingerprint density at radius 2 is 1.88 bits per heavy atom. The van der Waals surface area contributed by atoms with Crippen molar-refractivity contribution in [3.05, 3.63) is 30.0 Å². The van der Waals surface area contributed by atoms with Crippen LogP contribution in [-0.4, -0.2) is 60.7 Å². The minimum atomic E-state index is -0.0851. The summed E-state index contributed by atoms with van der Waals surface area (Å²) in [6.07, 6.45) is 3.74. The van der Waals surface area contributed by atoms with Gasteiger partial charge < -0.3 is 19.0 Å². The van der Waals surface area contributed by atoms with Crippen molar-refractivity contribution in [3.8, 4) is 5.75 Å². The Morgan fingerprint density at radius 1 is 1.12 bits per heavy atom. The number of nitrogens with zero attached hydrogens (tertiary/aromatic N) is 2. The van der Waals surface area contributed by atoms with Crippen molar-refractivity contribution >= 4 is 28.6 Å². The zero-order valence-electron chi connectivity index (χ0n) is 18.8. The van der Waals surface area contributed by atoms with Crippen molar-refractivity contribution in [2.24, 2.45) is 35.0 Å². The van der Waals surface area contributed by atoms with E-state index >= 15 is 0 Å². The van der Waals surface area contributed by atoms with Crippen LogP contribution >= 0.6 is 0 Å². The molecule has 2 aliphatic heterocycles. The summed E-state index contributed by atoms with van der Waals surface area (Å²) in [5.41, 5.74) is 0.695. The number of carbonyl (C=O) groups is 3. The number of Topliss-reactive ketones (excluding diaryl/α,β-unsaturated/α-hetero) is 1. The number of ether oxygens (including phenoxy) is 1. The van der Waals surface area contributed by atoms with Gasteiger partial charge in [0.15, 0.2) is 17.1 Å². The number of fused-ring (bicyclic) bond motifs is 1. The number of rotatable bonds is 3. The predicted molar refractivity (Wildman–Crippen MR) is 119 cm³/mol. The molecule has 4 aliphatic carbocycles. The molecule has 7 nitrogen and oxygen atoms in total. The van der Waals surface area contributed by atoms with Crippen LogP contribution in [0.3, 0.4) is 0 Å². The van der Waals surface area contributed by atoms with E-state index in [0.29, 0.717) is 47.8 Å². The van der Waals surface area contributed by atoms with E-state index in [0.717, 1.165) is 44.2 Å². The van der Waals surface area contributed by atoms with Gasteiger partial charge in [0.1, 0.15) is 5.78 Å². The van der Waals surface area contributed by atoms with Crippen molar-refractivity contribution in [2.45, 2.75) is 25.7 Å². The number of likely N-dealkylation sites (tertiary alicyclic amines) is 2. The number of benzene rings is 1. The topological polar surface area (TPSA) is 80.1 Å². The average Bonchev–Trinajstić information content (AvgIpc) is 3.37. The molecule has 4 saturated carbocycles. The number of para-hydroxylation sites is 1. The first-order chi connectivity index (χ1) is 16.0. The first kappa shape index (κ1) is 19.6. The van der Waals surface area contributed by atoms with Crippen LogP contribution in [0, 0.1) is 35.0 Å². The van der Waals surface area contributed by atoms with Crippen LogP contribution in [0.5, 0.6) is 5.75 Å². The lowest BCUT2D eigenvalue weighted by Gasteiger charge is -2.39. The molecule has 0 radical (unpaired) electrons. The van der Waals surface area contributed by atoms with Gasteiger partial charge in [0, 0.05) is 43.4 Å². The summed E-state index contributed by atoms with van der Waals surface area (Å²) in [5, 5.41) is 0.859. The number of amides is 2. The molecule has 1 aromatic carbocycles. The van der Waals surface area contributed by atoms with Crippen LogP contribution in [0.4, 0.5) is 0 Å². The van der Waals surface area contributed by atoms with Crippen LogP contribution in [0.15, 0.2) is 28.7 Å². The monoisotopic (exact) mass is 448 g/mol. The van der Waals surface area contributed by atoms with Gasteiger partial charge in [0.2, 0.25) is 5.91 Å². The number of hydrogen-bond acceptors (Lipinski definition) is 5. The molecule has 4 bridgehead atoms. The lowest BCUT2D eigenvalue weighted by Crippen LogP contribution is -2.45. The third-order valence-electron chi connectivity index (χ3n) is 9.38. The smallest absolute Gasteiger partial charge is 0.289 e. The molecule has 8 rings (SSSR count). The molecule has 3 heterocycles. The van der Waals surface area contributed by atoms with E-state index in [1.807, 2.05) is 28.0 Å². The van der Waals surface area contributed by atoms with Gasteiger partial charge in [-0.2, -0.15) is 0 Å². The van der Waals surface area contributed by atoms with Crippen LogP contribution in [-0.2, 0) is 9.59 Å². The van der Waals surface area contributed by atoms with E-state index in [2.05, 4.69) is 0 Å². The molecule has 7 heteroatoms. The van der Waals surface area contributed by atoms with Gasteiger partial charge in [-0.1, -0.05) is 12.1 Å². The van der Waals surface area contributed by atoms with Crippen LogP contribution in [0.1, 0.15) is 36.2 Å². The van der Waals surface area contributed by atoms with E-state index < -0.39 is 0 Å². The fourth-order valence-electron chi connectivity index (χ4n) is 7.56. The quantitative estimate of drug-likeness (QED) is 0.721. The minimum absolute atomic E-state index is 0.0101. The van der Waals surface area contributed by atoms with Gasteiger partial charge in [-0.05, 0) is 55.1 Å². The SMILES string of the molecule is COc1cccc2cc(C(=O)N3CCC4(CC3)CCN(C(=O)[C@H]3[C@H]5[C@H]6C[C@@H]3C(=O)[C@H]65)C4)oc12. The second kappa shape index (κ2) is 6.61. The van der Waals surface area contributed by atoms with Crippen LogP contribution in [0.2, 0.25) is 0 Å². The van der Waals surface area contributed by atoms with Crippen molar-refractivity contribution in [1.29, 1.82) is 0 Å². The summed E-state index contributed by atoms with van der Waals surface area (Å²) >= 11 is 0. The van der Waals surface area contributed by atoms with Gasteiger partial charge >= 0.3 is 0 Å². The Morgan fingerprint density at radius 3 is 2.52 bits per heavy atom. The first-order valence-electron chi connectivity index (χ1n) is 12.2. The number of piperidine rings is 1. The Labute approximate surface area is 192 Å². The average molecular weight is 449 g/mol. The number of methoxy groups -OCH3 is 1. The molecule has 5 atom stereocenters. The summed E-state index contributed by atoms with van der Waals surface area (Å²) in [6, 6.07) is 7.42. The number of ketones is 1. The molecule has 2 saturated heterocycles. The van der Waals surface area contributed by atoms with Crippen molar-refractivity contribution in [2.75, 3.05) is 33.3 Å². The van der Waals surface area contributed by atoms with Crippen molar-refractivity contribution < 1.29 is 23.5 Å². The maximum atomic E-state index is 13.3. The molecule has 1 aromatic heterocycles. The third kappa shape index (κ3) is 2.65. The molecule has 0 unspecified atom stereocenters. The summed E-state index contributed by atoms with van der Waals surface area (Å²) in [5.74, 6) is 2.54. The van der Waals surface area contributed by atoms with Gasteiger partial charge in [-0.3, -0.25) is 14.4 Å². The molecule has 33 heavy (non-hydrogen) atoms. The van der Waals surface area contributed by atoms with Crippen LogP contribution < -0.4 is 4.74 Å². The van der Waals surface area contributed by atoms with Crippen LogP contribution in [0.25, 0.3) is 11.0 Å². The highest BCUT2D eigenvalue weighted by Gasteiger charge is 2.75. The number of hydrogen-bond donors (Lipinski definition) is 0. The fraction of sp³-hybridized carbons (Fsp3) is 0.577. The maximum Gasteiger partial charge on any atom is 0.289 e. The van der Waals surface area contributed by atoms with Gasteiger partial charge in [0.05, 0.1) is 13.0 Å². The summed E-state index contributed by atoms with van der Waals surface area (Å²) < 4.78 is 11.2. The largest absolute Gasteiger partial charge is 0.493 e. The highest BCUT2D eigenvalue weighted by Crippen LogP contribution is 2.71. The highest BCUT2D eigenvalue weighted by molar-refractivity contribution is 6.00. The normalized spacial score (nSPS) is 33.4. The predicted octanol–water partition coefficient (Wildman–Crippen LogP) is 2.98. The van der Waals surface area contributed by atoms with Gasteiger partial charge in [-0.15, -0.1) is 0 Å². The Kier molecular flexibility index (Phi) is 3.93. The minimum Gasteiger partial charge on any atom is -0.493 e. The Bertz CT molecular complexity index is 1190. The van der Waals surface area contributed by atoms with E-state index in [1.54, 1.807) is 13.2 Å². The number of furan rings is 1. The second-order valence-electron chi connectivity index (χ2n) is 10.8. The van der Waals surface area contributed by atoms with Gasteiger partial charge in [-0.25, -0.2) is 0 Å². The van der Waals surface area contributed by atoms with E-state index in [1.165, 1.54) is 0 Å². The van der Waals surface area contributed by atoms with Crippen molar-refractivity contribution in [3.63, 3.8) is 0 Å². The third-order valence-corrected chi connectivity index (χ3v) is 9.38. The lowest BCUT2D eigenvalue weighted by atomic mass is 9.77. The molecular weight excluding hydrogens is 420 g/mol. The molecule has 6 aliphatic rings. The zero-order chi connectivity index (χ0) is 22.5. The van der Waals surface area contributed by atoms with Crippen molar-refractivity contribution in [1.82, 2.24) is 9.80 Å². The fourth-order valence-corrected chi connectivity index (χ4v) is 7.56. The molecule has 6 fully saturated rings. The van der Waals surface area contributed by atoms with E-state index in [4.69, 9.17) is 9.15 Å². The molecule has 2 aromatic rings. The summed E-state index contributed by atoms with van der Waals surface area (Å²) in [7, 11) is 1.59. The van der Waals surface area contributed by atoms with E-state index in [-0.39, 0.29) is 35.0 Å². The van der Waals surface area contributed by atoms with Gasteiger partial charge in [0.25, 0.3) is 5.91 Å². The highest BCUT2D eigenvalue weighted by atomic mass is 16.5. The lowest BCUT2D eigenvalue weighted by molar-refractivity contribution is -0.138. The molecule has 2 amide bonds. The zero-order valence-corrected chi connectivity index (χ0v) is 18.8. The maximum absolute atomic E-state index is 13.3. The second-order valence-corrected chi connectivity index (χ2v) is 10.8. The van der Waals surface area contributed by atoms with E-state index in [9.17, 15) is 14.4 Å². The molecule has 1 spiro atoms. The summed E-state index contributed by atoms with van der Waals surface area (Å²) in [6.45, 7) is 2.91.